The first kappa shape index (κ1) is 19.5. The number of aromatic nitrogens is 3. The highest BCUT2D eigenvalue weighted by Crippen LogP contribution is 2.27. The molecule has 2 amide bonds. The molecule has 4 rings (SSSR count). The van der Waals surface area contributed by atoms with E-state index in [2.05, 4.69) is 36.0 Å². The zero-order chi connectivity index (χ0) is 20.8. The molecule has 1 aliphatic heterocycles. The van der Waals surface area contributed by atoms with Crippen LogP contribution in [0.25, 0.3) is 11.5 Å². The standard InChI is InChI=1S/C20H21N7O3/c28-16(8-9-17-24-19(27-30-17)15-7-3-10-21-15)22-11-4-12-23-18-13-5-1-2-6-14(13)20(29)26-25-18/h1-3,5-7,10,14,21,23H,4,8-9,11-12H2,(H,22,28). The van der Waals surface area contributed by atoms with Crippen LogP contribution >= 0.6 is 0 Å². The monoisotopic (exact) mass is 407 g/mol. The lowest BCUT2D eigenvalue weighted by molar-refractivity contribution is -0.121. The van der Waals surface area contributed by atoms with Crippen molar-refractivity contribution in [1.29, 1.82) is 0 Å². The second kappa shape index (κ2) is 9.12. The minimum Gasteiger partial charge on any atom is -0.368 e. The van der Waals surface area contributed by atoms with Crippen LogP contribution in [-0.2, 0) is 16.0 Å². The Morgan fingerprint density at radius 3 is 3.03 bits per heavy atom. The molecule has 0 saturated carbocycles. The van der Waals surface area contributed by atoms with Gasteiger partial charge in [0, 0.05) is 37.7 Å². The van der Waals surface area contributed by atoms with Crippen LogP contribution in [0.5, 0.6) is 0 Å². The van der Waals surface area contributed by atoms with Gasteiger partial charge in [-0.15, -0.1) is 10.2 Å². The van der Waals surface area contributed by atoms with Crippen molar-refractivity contribution in [3.05, 3.63) is 59.9 Å². The first-order valence-corrected chi connectivity index (χ1v) is 9.72. The van der Waals surface area contributed by atoms with Crippen molar-refractivity contribution < 1.29 is 14.1 Å². The molecule has 1 unspecified atom stereocenters. The molecule has 10 heteroatoms. The number of azo groups is 1. The van der Waals surface area contributed by atoms with Crippen LogP contribution in [0.1, 0.15) is 18.7 Å². The number of nitrogens with zero attached hydrogens (tertiary/aromatic N) is 4. The van der Waals surface area contributed by atoms with Crippen LogP contribution in [0.4, 0.5) is 0 Å². The average molecular weight is 407 g/mol. The number of nitrogens with one attached hydrogen (secondary N) is 3. The quantitative estimate of drug-likeness (QED) is 0.544. The fraction of sp³-hybridized carbons (Fsp3) is 0.300. The van der Waals surface area contributed by atoms with Gasteiger partial charge in [-0.05, 0) is 18.6 Å². The minimum absolute atomic E-state index is 0.0833. The predicted octanol–water partition coefficient (Wildman–Crippen LogP) is 2.04. The highest BCUT2D eigenvalue weighted by atomic mass is 16.5. The molecule has 2 aliphatic rings. The molecule has 0 bridgehead atoms. The highest BCUT2D eigenvalue weighted by molar-refractivity contribution is 5.86. The van der Waals surface area contributed by atoms with Gasteiger partial charge in [-0.1, -0.05) is 29.5 Å². The third-order valence-electron chi connectivity index (χ3n) is 4.65. The first-order valence-electron chi connectivity index (χ1n) is 9.72. The predicted molar refractivity (Wildman–Crippen MR) is 107 cm³/mol. The van der Waals surface area contributed by atoms with Crippen molar-refractivity contribution in [1.82, 2.24) is 25.8 Å². The Kier molecular flexibility index (Phi) is 5.93. The Balaban J connectivity index is 1.15. The molecule has 2 aromatic heterocycles. The zero-order valence-electron chi connectivity index (χ0n) is 16.2. The van der Waals surface area contributed by atoms with E-state index in [0.29, 0.717) is 43.5 Å². The van der Waals surface area contributed by atoms with Gasteiger partial charge in [0.25, 0.3) is 5.91 Å². The highest BCUT2D eigenvalue weighted by Gasteiger charge is 2.26. The third-order valence-corrected chi connectivity index (χ3v) is 4.65. The van der Waals surface area contributed by atoms with Gasteiger partial charge < -0.3 is 20.1 Å². The lowest BCUT2D eigenvalue weighted by atomic mass is 9.93. The van der Waals surface area contributed by atoms with Crippen molar-refractivity contribution in [3.8, 4) is 11.5 Å². The lowest BCUT2D eigenvalue weighted by Gasteiger charge is -2.20. The second-order valence-electron chi connectivity index (χ2n) is 6.79. The summed E-state index contributed by atoms with van der Waals surface area (Å²) < 4.78 is 5.17. The van der Waals surface area contributed by atoms with Crippen molar-refractivity contribution in [3.63, 3.8) is 0 Å². The SMILES string of the molecule is O=C(CCc1nc(-c2ccc[nH]2)no1)NCCCNC1=C2C=CC=CC2C(=O)N=N1. The van der Waals surface area contributed by atoms with E-state index in [0.717, 1.165) is 11.3 Å². The summed E-state index contributed by atoms with van der Waals surface area (Å²) in [6.45, 7) is 1.11. The fourth-order valence-corrected chi connectivity index (χ4v) is 3.11. The van der Waals surface area contributed by atoms with Gasteiger partial charge in [0.2, 0.25) is 17.6 Å². The molecule has 3 N–H and O–H groups in total. The van der Waals surface area contributed by atoms with Crippen LogP contribution in [0.2, 0.25) is 0 Å². The van der Waals surface area contributed by atoms with Crippen molar-refractivity contribution >= 4 is 11.8 Å². The molecule has 0 radical (unpaired) electrons. The van der Waals surface area contributed by atoms with Crippen molar-refractivity contribution in [2.75, 3.05) is 13.1 Å². The number of rotatable bonds is 9. The molecule has 154 valence electrons. The smallest absolute Gasteiger partial charge is 0.276 e. The number of amides is 2. The van der Waals surface area contributed by atoms with Crippen LogP contribution in [0, 0.1) is 5.92 Å². The minimum atomic E-state index is -0.364. The number of aromatic amines is 1. The Labute approximate surface area is 172 Å². The summed E-state index contributed by atoms with van der Waals surface area (Å²) in [6, 6.07) is 3.70. The molecule has 30 heavy (non-hydrogen) atoms. The summed E-state index contributed by atoms with van der Waals surface area (Å²) in [5.41, 5.74) is 1.59. The maximum absolute atomic E-state index is 12.0. The van der Waals surface area contributed by atoms with E-state index in [1.807, 2.05) is 36.4 Å². The molecule has 0 spiro atoms. The van der Waals surface area contributed by atoms with E-state index in [9.17, 15) is 9.59 Å². The van der Waals surface area contributed by atoms with Crippen molar-refractivity contribution in [2.45, 2.75) is 19.3 Å². The van der Waals surface area contributed by atoms with E-state index < -0.39 is 0 Å². The second-order valence-corrected chi connectivity index (χ2v) is 6.79. The van der Waals surface area contributed by atoms with Gasteiger partial charge in [0.15, 0.2) is 5.82 Å². The molecule has 1 aliphatic carbocycles. The van der Waals surface area contributed by atoms with Gasteiger partial charge in [-0.3, -0.25) is 9.59 Å². The van der Waals surface area contributed by atoms with Crippen molar-refractivity contribution in [2.24, 2.45) is 16.1 Å². The average Bonchev–Trinajstić information content (AvgIpc) is 3.45. The number of aryl methyl sites for hydroxylation is 1. The van der Waals surface area contributed by atoms with Crippen LogP contribution in [0.15, 0.2) is 68.8 Å². The summed E-state index contributed by atoms with van der Waals surface area (Å²) in [4.78, 5) is 31.1. The van der Waals surface area contributed by atoms with E-state index in [1.54, 1.807) is 6.20 Å². The van der Waals surface area contributed by atoms with Gasteiger partial charge >= 0.3 is 0 Å². The maximum atomic E-state index is 12.0. The third kappa shape index (κ3) is 4.59. The largest absolute Gasteiger partial charge is 0.368 e. The summed E-state index contributed by atoms with van der Waals surface area (Å²) >= 11 is 0. The Morgan fingerprint density at radius 1 is 1.23 bits per heavy atom. The van der Waals surface area contributed by atoms with Gasteiger partial charge in [-0.2, -0.15) is 4.98 Å². The van der Waals surface area contributed by atoms with E-state index in [1.165, 1.54) is 0 Å². The summed E-state index contributed by atoms with van der Waals surface area (Å²) in [7, 11) is 0. The van der Waals surface area contributed by atoms with Gasteiger partial charge in [0.1, 0.15) is 0 Å². The maximum Gasteiger partial charge on any atom is 0.276 e. The van der Waals surface area contributed by atoms with E-state index >= 15 is 0 Å². The molecule has 2 aromatic rings. The molecule has 0 fully saturated rings. The first-order chi connectivity index (χ1) is 14.7. The van der Waals surface area contributed by atoms with Crippen LogP contribution in [-0.4, -0.2) is 40.0 Å². The number of fused-ring (bicyclic) bond motifs is 1. The molecule has 10 nitrogen and oxygen atoms in total. The molecule has 0 aromatic carbocycles. The Bertz CT molecular complexity index is 1030. The number of allylic oxidation sites excluding steroid dienone is 3. The topological polar surface area (TPSA) is 138 Å². The van der Waals surface area contributed by atoms with Crippen LogP contribution in [0.3, 0.4) is 0 Å². The number of hydrogen-bond donors (Lipinski definition) is 3. The molecule has 0 saturated heterocycles. The van der Waals surface area contributed by atoms with Gasteiger partial charge in [-0.25, -0.2) is 0 Å². The molecule has 3 heterocycles. The van der Waals surface area contributed by atoms with E-state index in [4.69, 9.17) is 4.52 Å². The van der Waals surface area contributed by atoms with E-state index in [-0.39, 0.29) is 24.2 Å². The lowest BCUT2D eigenvalue weighted by Crippen LogP contribution is -2.28. The summed E-state index contributed by atoms with van der Waals surface area (Å²) in [5.74, 6) is 0.789. The molecular weight excluding hydrogens is 386 g/mol. The number of carbonyl (C=O) groups is 2. The zero-order valence-corrected chi connectivity index (χ0v) is 16.2. The number of carbonyl (C=O) groups excluding carboxylic acids is 2. The number of H-pyrrole nitrogens is 1. The molecular formula is C20H21N7O3. The fourth-order valence-electron chi connectivity index (χ4n) is 3.11. The molecule has 1 atom stereocenters. The summed E-state index contributed by atoms with van der Waals surface area (Å²) in [6.07, 6.45) is 10.5. The Morgan fingerprint density at radius 2 is 2.17 bits per heavy atom. The Hall–Kier alpha value is -3.82. The number of hydrogen-bond acceptors (Lipinski definition) is 7. The van der Waals surface area contributed by atoms with Gasteiger partial charge in [0.05, 0.1) is 11.6 Å². The summed E-state index contributed by atoms with van der Waals surface area (Å²) in [5, 5.41) is 17.6. The van der Waals surface area contributed by atoms with Crippen LogP contribution < -0.4 is 10.6 Å². The normalized spacial score (nSPS) is 17.3.